The first-order valence-electron chi connectivity index (χ1n) is 13.9. The number of nitrogens with one attached hydrogen (secondary N) is 2. The van der Waals surface area contributed by atoms with Crippen molar-refractivity contribution in [3.63, 3.8) is 0 Å². The highest BCUT2D eigenvalue weighted by Gasteiger charge is 2.49. The summed E-state index contributed by atoms with van der Waals surface area (Å²) in [6.45, 7) is 0.119. The highest BCUT2D eigenvalue weighted by atomic mass is 35.5. The second-order valence-corrected chi connectivity index (χ2v) is 13.6. The molecule has 3 N–H and O–H groups in total. The number of hydrogen-bond donors (Lipinski definition) is 3. The fraction of sp³-hybridized carbons (Fsp3) is 0.323. The molecule has 1 aliphatic heterocycles. The summed E-state index contributed by atoms with van der Waals surface area (Å²) in [5.41, 5.74) is 2.23. The molecule has 0 bridgehead atoms. The topological polar surface area (TPSA) is 133 Å². The molecule has 2 aliphatic rings. The Balaban J connectivity index is 1.61. The van der Waals surface area contributed by atoms with Gasteiger partial charge in [-0.3, -0.25) is 9.59 Å². The Hall–Kier alpha value is -3.44. The van der Waals surface area contributed by atoms with E-state index in [2.05, 4.69) is 10.0 Å². The molecule has 226 valence electrons. The number of benzene rings is 3. The predicted molar refractivity (Wildman–Crippen MR) is 164 cm³/mol. The molecule has 3 aromatic rings. The van der Waals surface area contributed by atoms with Crippen molar-refractivity contribution in [1.29, 1.82) is 0 Å². The largest absolute Gasteiger partial charge is 0.478 e. The molecule has 9 nitrogen and oxygen atoms in total. The van der Waals surface area contributed by atoms with E-state index in [0.29, 0.717) is 40.1 Å². The lowest BCUT2D eigenvalue weighted by molar-refractivity contribution is -0.124. The summed E-state index contributed by atoms with van der Waals surface area (Å²) in [6, 6.07) is 16.1. The maximum atomic E-state index is 14.3. The smallest absolute Gasteiger partial charge is 0.335 e. The molecular formula is C31H31Cl2N3O6S. The number of fused-ring (bicyclic) bond motifs is 1. The van der Waals surface area contributed by atoms with Gasteiger partial charge < -0.3 is 15.3 Å². The van der Waals surface area contributed by atoms with E-state index in [0.717, 1.165) is 19.1 Å². The zero-order valence-corrected chi connectivity index (χ0v) is 25.6. The fourth-order valence-electron chi connectivity index (χ4n) is 6.19. The molecule has 0 saturated heterocycles. The lowest BCUT2D eigenvalue weighted by Crippen LogP contribution is -2.59. The van der Waals surface area contributed by atoms with Crippen molar-refractivity contribution in [3.8, 4) is 0 Å². The van der Waals surface area contributed by atoms with Crippen LogP contribution in [0, 0.1) is 0 Å². The van der Waals surface area contributed by atoms with E-state index < -0.39 is 40.0 Å². The van der Waals surface area contributed by atoms with Crippen molar-refractivity contribution in [2.24, 2.45) is 0 Å². The summed E-state index contributed by atoms with van der Waals surface area (Å²) in [4.78, 5) is 41.4. The van der Waals surface area contributed by atoms with Gasteiger partial charge in [0.1, 0.15) is 0 Å². The summed E-state index contributed by atoms with van der Waals surface area (Å²) >= 11 is 13.0. The van der Waals surface area contributed by atoms with Crippen LogP contribution in [0.3, 0.4) is 0 Å². The minimum Gasteiger partial charge on any atom is -0.478 e. The number of carboxylic acid groups (broad SMARTS) is 1. The Morgan fingerprint density at radius 2 is 1.67 bits per heavy atom. The molecule has 1 unspecified atom stereocenters. The lowest BCUT2D eigenvalue weighted by atomic mass is 9.76. The van der Waals surface area contributed by atoms with Crippen molar-refractivity contribution in [3.05, 3.63) is 105 Å². The number of aromatic carboxylic acids is 1. The second kappa shape index (κ2) is 12.7. The van der Waals surface area contributed by atoms with Crippen LogP contribution in [-0.2, 0) is 21.4 Å². The zero-order chi connectivity index (χ0) is 30.9. The summed E-state index contributed by atoms with van der Waals surface area (Å²) in [5.74, 6) is -2.63. The minimum atomic E-state index is -3.59. The summed E-state index contributed by atoms with van der Waals surface area (Å²) in [6.07, 6.45) is 3.74. The van der Waals surface area contributed by atoms with Gasteiger partial charge in [-0.05, 0) is 59.9 Å². The van der Waals surface area contributed by atoms with Crippen molar-refractivity contribution in [2.75, 3.05) is 6.26 Å². The average molecular weight is 645 g/mol. The van der Waals surface area contributed by atoms with Gasteiger partial charge in [0.05, 0.1) is 23.8 Å². The van der Waals surface area contributed by atoms with Crippen LogP contribution >= 0.6 is 23.2 Å². The molecule has 0 radical (unpaired) electrons. The van der Waals surface area contributed by atoms with Crippen LogP contribution < -0.4 is 10.0 Å². The molecule has 43 heavy (non-hydrogen) atoms. The van der Waals surface area contributed by atoms with Gasteiger partial charge in [0.25, 0.3) is 5.91 Å². The van der Waals surface area contributed by atoms with Crippen molar-refractivity contribution < 1.29 is 27.9 Å². The summed E-state index contributed by atoms with van der Waals surface area (Å²) in [5, 5.41) is 12.9. The van der Waals surface area contributed by atoms with Gasteiger partial charge in [0.15, 0.2) is 0 Å². The van der Waals surface area contributed by atoms with E-state index in [1.165, 1.54) is 12.1 Å². The average Bonchev–Trinajstić information content (AvgIpc) is 2.96. The van der Waals surface area contributed by atoms with Crippen LogP contribution in [0.4, 0.5) is 0 Å². The van der Waals surface area contributed by atoms with Crippen molar-refractivity contribution in [2.45, 2.75) is 56.3 Å². The number of amides is 2. The minimum absolute atomic E-state index is 0.119. The van der Waals surface area contributed by atoms with E-state index in [-0.39, 0.29) is 28.9 Å². The maximum Gasteiger partial charge on any atom is 0.335 e. The molecular weight excluding hydrogens is 613 g/mol. The molecule has 1 fully saturated rings. The standard InChI is InChI=1S/C31H31Cl2N3O6S/c1-43(41,42)35-25-8-4-5-9-26(25)36-28(23-15-14-20(32)16-24(23)33)27(21-6-2-3-7-22(21)30(36)38)29(37)34-17-18-10-12-19(13-11-18)31(39)40/h2-3,6-7,10-16,25-28,35H,4-5,8-9,17H2,1H3,(H,34,37)(H,39,40)/t25-,26?,27+,28-/m0/s1. The molecule has 3 aromatic carbocycles. The van der Waals surface area contributed by atoms with Gasteiger partial charge in [-0.25, -0.2) is 17.9 Å². The first-order valence-corrected chi connectivity index (χ1v) is 16.5. The Kier molecular flexibility index (Phi) is 9.12. The van der Waals surface area contributed by atoms with E-state index in [9.17, 15) is 27.9 Å². The SMILES string of the molecule is CS(=O)(=O)N[C@H]1CCCCC1N1C(=O)c2ccccc2[C@@H](C(=O)NCc2ccc(C(=O)O)cc2)[C@@H]1c1ccc(Cl)cc1Cl. The predicted octanol–water partition coefficient (Wildman–Crippen LogP) is 5.15. The first-order chi connectivity index (χ1) is 20.4. The molecule has 1 aliphatic carbocycles. The van der Waals surface area contributed by atoms with E-state index in [1.807, 2.05) is 0 Å². The number of sulfonamides is 1. The number of hydrogen-bond acceptors (Lipinski definition) is 5. The number of halogens is 2. The normalized spacial score (nSPS) is 22.1. The van der Waals surface area contributed by atoms with Gasteiger partial charge in [0, 0.05) is 34.2 Å². The van der Waals surface area contributed by atoms with Gasteiger partial charge in [-0.1, -0.05) is 72.4 Å². The van der Waals surface area contributed by atoms with E-state index in [1.54, 1.807) is 59.5 Å². The molecule has 5 rings (SSSR count). The number of carbonyl (C=O) groups is 3. The van der Waals surface area contributed by atoms with Crippen LogP contribution in [0.5, 0.6) is 0 Å². The molecule has 1 saturated carbocycles. The van der Waals surface area contributed by atoms with Gasteiger partial charge in [-0.2, -0.15) is 0 Å². The molecule has 0 spiro atoms. The van der Waals surface area contributed by atoms with Gasteiger partial charge in [0.2, 0.25) is 15.9 Å². The number of carboxylic acids is 1. The third-order valence-corrected chi connectivity index (χ3v) is 9.35. The van der Waals surface area contributed by atoms with Crippen LogP contribution in [0.15, 0.2) is 66.7 Å². The Morgan fingerprint density at radius 1 is 0.977 bits per heavy atom. The third-order valence-electron chi connectivity index (χ3n) is 8.06. The Bertz CT molecular complexity index is 1660. The Labute approximate surface area is 260 Å². The van der Waals surface area contributed by atoms with Crippen molar-refractivity contribution in [1.82, 2.24) is 14.9 Å². The van der Waals surface area contributed by atoms with Crippen LogP contribution in [-0.4, -0.2) is 54.5 Å². The lowest BCUT2D eigenvalue weighted by Gasteiger charge is -2.49. The number of nitrogens with zero attached hydrogens (tertiary/aromatic N) is 1. The maximum absolute atomic E-state index is 14.3. The monoisotopic (exact) mass is 643 g/mol. The fourth-order valence-corrected chi connectivity index (χ4v) is 7.54. The molecule has 0 aromatic heterocycles. The first kappa shape index (κ1) is 31.0. The molecule has 2 amide bonds. The molecule has 12 heteroatoms. The van der Waals surface area contributed by atoms with Crippen LogP contribution in [0.2, 0.25) is 10.0 Å². The van der Waals surface area contributed by atoms with E-state index in [4.69, 9.17) is 23.2 Å². The number of rotatable bonds is 8. The highest BCUT2D eigenvalue weighted by molar-refractivity contribution is 7.88. The van der Waals surface area contributed by atoms with Gasteiger partial charge >= 0.3 is 5.97 Å². The second-order valence-electron chi connectivity index (χ2n) is 11.0. The highest BCUT2D eigenvalue weighted by Crippen LogP contribution is 2.47. The zero-order valence-electron chi connectivity index (χ0n) is 23.3. The number of carbonyl (C=O) groups excluding carboxylic acids is 2. The third kappa shape index (κ3) is 6.72. The van der Waals surface area contributed by atoms with Crippen molar-refractivity contribution >= 4 is 51.0 Å². The summed E-state index contributed by atoms with van der Waals surface area (Å²) < 4.78 is 27.4. The van der Waals surface area contributed by atoms with Crippen LogP contribution in [0.25, 0.3) is 0 Å². The van der Waals surface area contributed by atoms with Gasteiger partial charge in [-0.15, -0.1) is 0 Å². The Morgan fingerprint density at radius 3 is 2.35 bits per heavy atom. The summed E-state index contributed by atoms with van der Waals surface area (Å²) in [7, 11) is -3.59. The van der Waals surface area contributed by atoms with Crippen LogP contribution in [0.1, 0.15) is 75.0 Å². The molecule has 1 heterocycles. The van der Waals surface area contributed by atoms with E-state index >= 15 is 0 Å². The quantitative estimate of drug-likeness (QED) is 0.311. The molecule has 4 atom stereocenters.